The van der Waals surface area contributed by atoms with Gasteiger partial charge < -0.3 is 11.1 Å². The fourth-order valence-electron chi connectivity index (χ4n) is 2.75. The number of nitrogen functional groups attached to an aromatic ring is 1. The van der Waals surface area contributed by atoms with E-state index in [4.69, 9.17) is 5.73 Å². The van der Waals surface area contributed by atoms with Gasteiger partial charge in [-0.3, -0.25) is 0 Å². The Labute approximate surface area is 131 Å². The van der Waals surface area contributed by atoms with Crippen LogP contribution in [0.4, 0.5) is 11.4 Å². The van der Waals surface area contributed by atoms with Crippen LogP contribution in [0.3, 0.4) is 0 Å². The Morgan fingerprint density at radius 2 is 2.00 bits per heavy atom. The number of benzene rings is 1. The minimum absolute atomic E-state index is 0.121. The predicted molar refractivity (Wildman–Crippen MR) is 90.3 cm³/mol. The number of nitrogens with two attached hydrogens (primary N) is 1. The van der Waals surface area contributed by atoms with Crippen molar-refractivity contribution in [1.29, 1.82) is 0 Å². The summed E-state index contributed by atoms with van der Waals surface area (Å²) < 4.78 is 26.1. The van der Waals surface area contributed by atoms with Gasteiger partial charge >= 0.3 is 0 Å². The van der Waals surface area contributed by atoms with Crippen molar-refractivity contribution in [3.8, 4) is 0 Å². The monoisotopic (exact) mass is 329 g/mol. The van der Waals surface area contributed by atoms with E-state index < -0.39 is 10.0 Å². The number of thioether (sulfide) groups is 1. The molecule has 0 amide bonds. The summed E-state index contributed by atoms with van der Waals surface area (Å²) in [5.74, 6) is 0. The molecule has 1 saturated carbocycles. The highest BCUT2D eigenvalue weighted by molar-refractivity contribution is 8.00. The minimum atomic E-state index is -3.50. The van der Waals surface area contributed by atoms with E-state index in [0.29, 0.717) is 4.75 Å². The molecule has 1 aliphatic carbocycles. The van der Waals surface area contributed by atoms with E-state index in [9.17, 15) is 8.42 Å². The van der Waals surface area contributed by atoms with Crippen molar-refractivity contribution in [2.45, 2.75) is 35.3 Å². The van der Waals surface area contributed by atoms with E-state index in [1.165, 1.54) is 32.7 Å². The van der Waals surface area contributed by atoms with E-state index in [1.807, 2.05) is 11.8 Å². The molecule has 118 valence electrons. The van der Waals surface area contributed by atoms with Gasteiger partial charge in [-0.1, -0.05) is 12.8 Å². The fraction of sp³-hybridized carbons (Fsp3) is 0.571. The number of sulfonamides is 1. The number of hydrogen-bond acceptors (Lipinski definition) is 5. The van der Waals surface area contributed by atoms with Gasteiger partial charge in [-0.25, -0.2) is 13.1 Å². The zero-order chi connectivity index (χ0) is 15.5. The Bertz CT molecular complexity index is 596. The van der Waals surface area contributed by atoms with Gasteiger partial charge in [-0.05, 0) is 44.3 Å². The SMILES string of the molecule is CNS(=O)(=O)c1ccc(NCC2(SC)CCCC2)cc1N. The molecule has 1 aliphatic rings. The second-order valence-corrected chi connectivity index (χ2v) is 8.54. The minimum Gasteiger partial charge on any atom is -0.398 e. The molecular formula is C14H23N3O2S2. The summed E-state index contributed by atoms with van der Waals surface area (Å²) in [5, 5.41) is 3.40. The first-order valence-electron chi connectivity index (χ1n) is 7.04. The maximum absolute atomic E-state index is 11.8. The normalized spacial score (nSPS) is 17.8. The molecule has 5 nitrogen and oxygen atoms in total. The Balaban J connectivity index is 2.11. The molecule has 0 radical (unpaired) electrons. The van der Waals surface area contributed by atoms with Crippen molar-refractivity contribution >= 4 is 33.2 Å². The van der Waals surface area contributed by atoms with Crippen LogP contribution in [0.5, 0.6) is 0 Å². The lowest BCUT2D eigenvalue weighted by Crippen LogP contribution is -2.30. The molecule has 1 aromatic rings. The molecule has 2 rings (SSSR count). The maximum Gasteiger partial charge on any atom is 0.242 e. The summed E-state index contributed by atoms with van der Waals surface area (Å²) in [6.07, 6.45) is 7.17. The second kappa shape index (κ2) is 6.46. The lowest BCUT2D eigenvalue weighted by Gasteiger charge is -2.27. The molecule has 0 aromatic heterocycles. The zero-order valence-corrected chi connectivity index (χ0v) is 14.1. The fourth-order valence-corrected chi connectivity index (χ4v) is 4.50. The van der Waals surface area contributed by atoms with Gasteiger partial charge in [-0.2, -0.15) is 11.8 Å². The van der Waals surface area contributed by atoms with Crippen molar-refractivity contribution in [3.05, 3.63) is 18.2 Å². The first-order chi connectivity index (χ1) is 9.92. The molecule has 21 heavy (non-hydrogen) atoms. The maximum atomic E-state index is 11.8. The average molecular weight is 329 g/mol. The van der Waals surface area contributed by atoms with Gasteiger partial charge in [0.2, 0.25) is 10.0 Å². The van der Waals surface area contributed by atoms with Crippen LogP contribution in [-0.4, -0.2) is 33.0 Å². The Kier molecular flexibility index (Phi) is 5.06. The molecule has 0 heterocycles. The molecule has 0 unspecified atom stereocenters. The van der Waals surface area contributed by atoms with Crippen LogP contribution in [0.2, 0.25) is 0 Å². The van der Waals surface area contributed by atoms with Crippen LogP contribution in [0.25, 0.3) is 0 Å². The molecule has 1 aromatic carbocycles. The van der Waals surface area contributed by atoms with Gasteiger partial charge in [0, 0.05) is 17.0 Å². The van der Waals surface area contributed by atoms with Crippen molar-refractivity contribution in [2.24, 2.45) is 0 Å². The highest BCUT2D eigenvalue weighted by Gasteiger charge is 2.32. The summed E-state index contributed by atoms with van der Waals surface area (Å²) in [4.78, 5) is 0.121. The number of nitrogens with one attached hydrogen (secondary N) is 2. The van der Waals surface area contributed by atoms with E-state index in [0.717, 1.165) is 12.2 Å². The second-order valence-electron chi connectivity index (χ2n) is 5.41. The first kappa shape index (κ1) is 16.5. The molecule has 1 fully saturated rings. The first-order valence-corrected chi connectivity index (χ1v) is 9.75. The number of anilines is 2. The number of rotatable bonds is 6. The number of hydrogen-bond donors (Lipinski definition) is 3. The Morgan fingerprint density at radius 3 is 2.52 bits per heavy atom. The highest BCUT2D eigenvalue weighted by Crippen LogP contribution is 2.40. The zero-order valence-electron chi connectivity index (χ0n) is 12.5. The van der Waals surface area contributed by atoms with Crippen molar-refractivity contribution in [2.75, 3.05) is 30.9 Å². The standard InChI is InChI=1S/C14H23N3O2S2/c1-16-21(18,19)13-6-5-11(9-12(13)15)17-10-14(20-2)7-3-4-8-14/h5-6,9,16-17H,3-4,7-8,10,15H2,1-2H3. The third-order valence-electron chi connectivity index (χ3n) is 4.13. The van der Waals surface area contributed by atoms with E-state index >= 15 is 0 Å². The van der Waals surface area contributed by atoms with Crippen LogP contribution >= 0.6 is 11.8 Å². The van der Waals surface area contributed by atoms with Crippen LogP contribution < -0.4 is 15.8 Å². The van der Waals surface area contributed by atoms with Gasteiger partial charge in [-0.15, -0.1) is 0 Å². The highest BCUT2D eigenvalue weighted by atomic mass is 32.2. The summed E-state index contributed by atoms with van der Waals surface area (Å²) >= 11 is 1.91. The average Bonchev–Trinajstić information content (AvgIpc) is 2.94. The summed E-state index contributed by atoms with van der Waals surface area (Å²) in [6, 6.07) is 5.00. The van der Waals surface area contributed by atoms with Crippen LogP contribution in [-0.2, 0) is 10.0 Å². The van der Waals surface area contributed by atoms with Gasteiger partial charge in [0.05, 0.1) is 5.69 Å². The summed E-state index contributed by atoms with van der Waals surface area (Å²) in [6.45, 7) is 0.881. The lowest BCUT2D eigenvalue weighted by atomic mass is 10.1. The largest absolute Gasteiger partial charge is 0.398 e. The quantitative estimate of drug-likeness (QED) is 0.697. The molecule has 0 saturated heterocycles. The van der Waals surface area contributed by atoms with Crippen molar-refractivity contribution < 1.29 is 8.42 Å². The van der Waals surface area contributed by atoms with Crippen LogP contribution in [0, 0.1) is 0 Å². The molecule has 0 atom stereocenters. The van der Waals surface area contributed by atoms with Gasteiger partial charge in [0.25, 0.3) is 0 Å². The molecule has 7 heteroatoms. The molecule has 0 spiro atoms. The van der Waals surface area contributed by atoms with Gasteiger partial charge in [0.1, 0.15) is 4.90 Å². The summed E-state index contributed by atoms with van der Waals surface area (Å²) in [7, 11) is -2.12. The van der Waals surface area contributed by atoms with Crippen LogP contribution in [0.1, 0.15) is 25.7 Å². The molecular weight excluding hydrogens is 306 g/mol. The molecule has 4 N–H and O–H groups in total. The molecule has 0 bridgehead atoms. The molecule has 0 aliphatic heterocycles. The summed E-state index contributed by atoms with van der Waals surface area (Å²) in [5.41, 5.74) is 6.99. The van der Waals surface area contributed by atoms with Crippen molar-refractivity contribution in [1.82, 2.24) is 4.72 Å². The van der Waals surface area contributed by atoms with Crippen LogP contribution in [0.15, 0.2) is 23.1 Å². The smallest absolute Gasteiger partial charge is 0.242 e. The predicted octanol–water partition coefficient (Wildman–Crippen LogP) is 2.26. The Morgan fingerprint density at radius 1 is 1.33 bits per heavy atom. The lowest BCUT2D eigenvalue weighted by molar-refractivity contribution is 0.588. The van der Waals surface area contributed by atoms with E-state index in [2.05, 4.69) is 16.3 Å². The Hall–Kier alpha value is -0.920. The topological polar surface area (TPSA) is 84.2 Å². The van der Waals surface area contributed by atoms with Crippen molar-refractivity contribution in [3.63, 3.8) is 0 Å². The van der Waals surface area contributed by atoms with E-state index in [1.54, 1.807) is 18.2 Å². The van der Waals surface area contributed by atoms with E-state index in [-0.39, 0.29) is 10.6 Å². The van der Waals surface area contributed by atoms with Gasteiger partial charge in [0.15, 0.2) is 0 Å². The third-order valence-corrected chi connectivity index (χ3v) is 7.04. The third kappa shape index (κ3) is 3.64.